The van der Waals surface area contributed by atoms with Crippen molar-refractivity contribution in [3.05, 3.63) is 0 Å². The maximum Gasteiger partial charge on any atom is 0.214 e. The topological polar surface area (TPSA) is 37.4 Å². The molecular weight excluding hydrogens is 270 g/mol. The summed E-state index contributed by atoms with van der Waals surface area (Å²) in [4.78, 5) is 0. The first-order chi connectivity index (χ1) is 8.47. The van der Waals surface area contributed by atoms with Crippen LogP contribution in [0.5, 0.6) is 0 Å². The van der Waals surface area contributed by atoms with Crippen molar-refractivity contribution < 1.29 is 8.42 Å². The molecule has 0 aromatic heterocycles. The summed E-state index contributed by atoms with van der Waals surface area (Å²) < 4.78 is 26.1. The summed E-state index contributed by atoms with van der Waals surface area (Å²) in [5.41, 5.74) is 0. The molecule has 0 unspecified atom stereocenters. The smallest absolute Gasteiger partial charge is 0.212 e. The van der Waals surface area contributed by atoms with Crippen molar-refractivity contribution in [2.45, 2.75) is 50.3 Å². The van der Waals surface area contributed by atoms with Crippen molar-refractivity contribution in [2.24, 2.45) is 11.8 Å². The van der Waals surface area contributed by atoms with Crippen molar-refractivity contribution in [3.8, 4) is 0 Å². The third-order valence-electron chi connectivity index (χ3n) is 4.34. The van der Waals surface area contributed by atoms with Gasteiger partial charge in [-0.25, -0.2) is 12.7 Å². The highest BCUT2D eigenvalue weighted by molar-refractivity contribution is 7.89. The van der Waals surface area contributed by atoms with Crippen LogP contribution < -0.4 is 0 Å². The van der Waals surface area contributed by atoms with Crippen LogP contribution in [-0.4, -0.2) is 37.4 Å². The number of halogens is 1. The summed E-state index contributed by atoms with van der Waals surface area (Å²) in [6.45, 7) is 0.651. The maximum absolute atomic E-state index is 12.2. The molecule has 0 radical (unpaired) electrons. The third-order valence-corrected chi connectivity index (χ3v) is 6.69. The predicted molar refractivity (Wildman–Crippen MR) is 75.4 cm³/mol. The van der Waals surface area contributed by atoms with Crippen LogP contribution in [0.2, 0.25) is 0 Å². The van der Waals surface area contributed by atoms with Crippen molar-refractivity contribution in [3.63, 3.8) is 0 Å². The third kappa shape index (κ3) is 3.84. The predicted octanol–water partition coefficient (Wildman–Crippen LogP) is 2.85. The summed E-state index contributed by atoms with van der Waals surface area (Å²) in [5, 5.41) is 0.268. The molecule has 0 aromatic carbocycles. The highest BCUT2D eigenvalue weighted by atomic mass is 35.5. The summed E-state index contributed by atoms with van der Waals surface area (Å²) in [6, 6.07) is 0. The molecule has 0 aliphatic heterocycles. The molecule has 106 valence electrons. The Hall–Kier alpha value is 0.200. The number of hydrogen-bond donors (Lipinski definition) is 0. The van der Waals surface area contributed by atoms with Gasteiger partial charge in [-0.05, 0) is 37.5 Å². The molecule has 3 nitrogen and oxygen atoms in total. The number of nitrogens with zero attached hydrogens (tertiary/aromatic N) is 1. The van der Waals surface area contributed by atoms with Crippen LogP contribution in [0.25, 0.3) is 0 Å². The van der Waals surface area contributed by atoms with E-state index in [0.717, 1.165) is 25.7 Å². The fraction of sp³-hybridized carbons (Fsp3) is 1.00. The highest BCUT2D eigenvalue weighted by Gasteiger charge is 2.32. The molecule has 18 heavy (non-hydrogen) atoms. The molecule has 0 spiro atoms. The molecule has 0 amide bonds. The van der Waals surface area contributed by atoms with Gasteiger partial charge in [0, 0.05) is 19.0 Å². The Morgan fingerprint density at radius 1 is 1.11 bits per heavy atom. The zero-order chi connectivity index (χ0) is 13.2. The normalized spacial score (nSPS) is 30.4. The van der Waals surface area contributed by atoms with E-state index in [1.807, 2.05) is 0 Å². The Balaban J connectivity index is 1.81. The minimum Gasteiger partial charge on any atom is -0.212 e. The fourth-order valence-corrected chi connectivity index (χ4v) is 5.18. The van der Waals surface area contributed by atoms with Gasteiger partial charge in [0.25, 0.3) is 0 Å². The van der Waals surface area contributed by atoms with Gasteiger partial charge in [0.2, 0.25) is 10.0 Å². The number of hydrogen-bond acceptors (Lipinski definition) is 2. The van der Waals surface area contributed by atoms with Gasteiger partial charge in [-0.3, -0.25) is 0 Å². The maximum atomic E-state index is 12.2. The molecule has 0 bridgehead atoms. The zero-order valence-corrected chi connectivity index (χ0v) is 12.7. The Bertz CT molecular complexity index is 359. The van der Waals surface area contributed by atoms with Crippen LogP contribution in [0, 0.1) is 11.8 Å². The van der Waals surface area contributed by atoms with Gasteiger partial charge in [0.1, 0.15) is 0 Å². The van der Waals surface area contributed by atoms with Gasteiger partial charge in [-0.2, -0.15) is 0 Å². The Morgan fingerprint density at radius 3 is 2.28 bits per heavy atom. The van der Waals surface area contributed by atoms with E-state index < -0.39 is 10.0 Å². The van der Waals surface area contributed by atoms with Crippen molar-refractivity contribution >= 4 is 21.6 Å². The number of sulfonamides is 1. The lowest BCUT2D eigenvalue weighted by Crippen LogP contribution is -2.40. The van der Waals surface area contributed by atoms with Gasteiger partial charge in [-0.15, -0.1) is 11.6 Å². The van der Waals surface area contributed by atoms with E-state index in [-0.39, 0.29) is 5.38 Å². The monoisotopic (exact) mass is 293 g/mol. The lowest BCUT2D eigenvalue weighted by atomic mass is 9.85. The van der Waals surface area contributed by atoms with E-state index in [9.17, 15) is 8.42 Å². The molecule has 0 heterocycles. The highest BCUT2D eigenvalue weighted by Crippen LogP contribution is 2.33. The molecule has 2 aliphatic rings. The molecule has 0 atom stereocenters. The lowest BCUT2D eigenvalue weighted by Gasteiger charge is -2.34. The largest absolute Gasteiger partial charge is 0.214 e. The molecule has 2 rings (SSSR count). The molecule has 2 aliphatic carbocycles. The number of rotatable bonds is 5. The van der Waals surface area contributed by atoms with Gasteiger partial charge < -0.3 is 0 Å². The Kier molecular flexibility index (Phi) is 4.95. The van der Waals surface area contributed by atoms with Crippen LogP contribution in [-0.2, 0) is 10.0 Å². The van der Waals surface area contributed by atoms with Crippen molar-refractivity contribution in [1.29, 1.82) is 0 Å². The van der Waals surface area contributed by atoms with Crippen LogP contribution >= 0.6 is 11.6 Å². The summed E-state index contributed by atoms with van der Waals surface area (Å²) in [6.07, 6.45) is 7.75. The summed E-state index contributed by atoms with van der Waals surface area (Å²) >= 11 is 5.93. The van der Waals surface area contributed by atoms with Gasteiger partial charge in [0.05, 0.1) is 5.75 Å². The van der Waals surface area contributed by atoms with Crippen molar-refractivity contribution in [1.82, 2.24) is 4.31 Å². The van der Waals surface area contributed by atoms with Crippen LogP contribution in [0.15, 0.2) is 0 Å². The van der Waals surface area contributed by atoms with Gasteiger partial charge >= 0.3 is 0 Å². The SMILES string of the molecule is CN(CC1CC(Cl)C1)S(=O)(=O)CC1CCCCC1. The Morgan fingerprint density at radius 2 is 1.72 bits per heavy atom. The van der Waals surface area contributed by atoms with Gasteiger partial charge in [0.15, 0.2) is 0 Å². The molecule has 0 N–H and O–H groups in total. The van der Waals surface area contributed by atoms with Gasteiger partial charge in [-0.1, -0.05) is 19.3 Å². The number of alkyl halides is 1. The second-order valence-electron chi connectivity index (χ2n) is 6.00. The minimum atomic E-state index is -3.06. The summed E-state index contributed by atoms with van der Waals surface area (Å²) in [7, 11) is -1.34. The Labute approximate surface area is 116 Å². The quantitative estimate of drug-likeness (QED) is 0.731. The van der Waals surface area contributed by atoms with Crippen LogP contribution in [0.4, 0.5) is 0 Å². The first-order valence-corrected chi connectivity index (χ1v) is 9.10. The lowest BCUT2D eigenvalue weighted by molar-refractivity contribution is 0.266. The summed E-state index contributed by atoms with van der Waals surface area (Å²) in [5.74, 6) is 1.20. The zero-order valence-electron chi connectivity index (χ0n) is 11.1. The average Bonchev–Trinajstić information content (AvgIpc) is 2.27. The van der Waals surface area contributed by atoms with E-state index in [2.05, 4.69) is 0 Å². The van der Waals surface area contributed by atoms with E-state index in [0.29, 0.717) is 24.1 Å². The first kappa shape index (κ1) is 14.6. The van der Waals surface area contributed by atoms with E-state index in [4.69, 9.17) is 11.6 Å². The molecule has 0 aromatic rings. The van der Waals surface area contributed by atoms with E-state index in [1.54, 1.807) is 11.4 Å². The van der Waals surface area contributed by atoms with E-state index in [1.165, 1.54) is 19.3 Å². The second kappa shape index (κ2) is 6.10. The standard InChI is InChI=1S/C13H24ClNO2S/c1-15(9-12-7-13(14)8-12)18(16,17)10-11-5-3-2-4-6-11/h11-13H,2-10H2,1H3. The fourth-order valence-electron chi connectivity index (χ4n) is 3.06. The molecule has 5 heteroatoms. The molecule has 2 saturated carbocycles. The molecular formula is C13H24ClNO2S. The minimum absolute atomic E-state index is 0.268. The average molecular weight is 294 g/mol. The molecule has 0 saturated heterocycles. The van der Waals surface area contributed by atoms with Crippen LogP contribution in [0.3, 0.4) is 0 Å². The molecule has 2 fully saturated rings. The first-order valence-electron chi connectivity index (χ1n) is 7.05. The second-order valence-corrected chi connectivity index (χ2v) is 8.74. The van der Waals surface area contributed by atoms with Crippen molar-refractivity contribution in [2.75, 3.05) is 19.3 Å². The van der Waals surface area contributed by atoms with Crippen LogP contribution in [0.1, 0.15) is 44.9 Å². The van der Waals surface area contributed by atoms with E-state index >= 15 is 0 Å².